The largest absolute Gasteiger partial charge is 0.122 e. The molecule has 70 valence electrons. The first-order chi connectivity index (χ1) is 6.87. The monoisotopic (exact) mass is 200 g/mol. The molecule has 2 unspecified atom stereocenters. The van der Waals surface area contributed by atoms with Crippen LogP contribution in [0.25, 0.3) is 6.08 Å². The van der Waals surface area contributed by atoms with Crippen molar-refractivity contribution in [3.05, 3.63) is 53.5 Å². The van der Waals surface area contributed by atoms with Crippen LogP contribution in [-0.4, -0.2) is 0 Å². The minimum absolute atomic E-state index is 0.340. The van der Waals surface area contributed by atoms with Crippen molar-refractivity contribution in [2.24, 2.45) is 5.92 Å². The van der Waals surface area contributed by atoms with Crippen molar-refractivity contribution in [1.82, 2.24) is 0 Å². The second kappa shape index (κ2) is 2.77. The maximum absolute atomic E-state index is 3.91. The average molecular weight is 200 g/mol. The Balaban J connectivity index is 2.13. The molecule has 0 nitrogen and oxygen atoms in total. The molecule has 0 amide bonds. The number of fused-ring (bicyclic) bond motifs is 2. The van der Waals surface area contributed by atoms with E-state index in [1.165, 1.54) is 17.5 Å². The Kier molecular flexibility index (Phi) is 1.65. The predicted octanol–water partition coefficient (Wildman–Crippen LogP) is 3.81. The van der Waals surface area contributed by atoms with E-state index in [2.05, 4.69) is 48.4 Å². The highest BCUT2D eigenvalue weighted by molar-refractivity contribution is 8.03. The van der Waals surface area contributed by atoms with E-state index >= 15 is 0 Å². The van der Waals surface area contributed by atoms with Gasteiger partial charge in [-0.05, 0) is 34.9 Å². The fourth-order valence-electron chi connectivity index (χ4n) is 2.31. The van der Waals surface area contributed by atoms with Crippen molar-refractivity contribution in [1.29, 1.82) is 0 Å². The van der Waals surface area contributed by atoms with Crippen LogP contribution < -0.4 is 0 Å². The molecule has 1 aromatic rings. The zero-order valence-electron chi connectivity index (χ0n) is 7.94. The molecule has 0 aromatic heterocycles. The maximum atomic E-state index is 3.91. The summed E-state index contributed by atoms with van der Waals surface area (Å²) in [5.41, 5.74) is 2.88. The lowest BCUT2D eigenvalue weighted by Gasteiger charge is -2.21. The molecule has 3 rings (SSSR count). The van der Waals surface area contributed by atoms with Crippen LogP contribution in [0.2, 0.25) is 0 Å². The average Bonchev–Trinajstić information content (AvgIpc) is 2.94. The van der Waals surface area contributed by atoms with Gasteiger partial charge in [0.2, 0.25) is 0 Å². The summed E-state index contributed by atoms with van der Waals surface area (Å²) < 4.78 is 0.340. The second-order valence-corrected chi connectivity index (χ2v) is 5.18. The third-order valence-corrected chi connectivity index (χ3v) is 4.57. The van der Waals surface area contributed by atoms with E-state index < -0.39 is 0 Å². The molecule has 1 heterocycles. The Morgan fingerprint density at radius 2 is 2.29 bits per heavy atom. The van der Waals surface area contributed by atoms with Gasteiger partial charge in [-0.1, -0.05) is 30.3 Å². The molecule has 1 heteroatoms. The van der Waals surface area contributed by atoms with Gasteiger partial charge in [-0.2, -0.15) is 0 Å². The fraction of sp³-hybridized carbons (Fsp3) is 0.231. The molecule has 2 atom stereocenters. The van der Waals surface area contributed by atoms with E-state index in [4.69, 9.17) is 0 Å². The molecule has 2 aliphatic rings. The van der Waals surface area contributed by atoms with E-state index in [-0.39, 0.29) is 0 Å². The van der Waals surface area contributed by atoms with Gasteiger partial charge >= 0.3 is 0 Å². The molecule has 1 aliphatic carbocycles. The molecular formula is C13H12S. The van der Waals surface area contributed by atoms with Crippen LogP contribution in [0, 0.1) is 5.92 Å². The SMILES string of the molecule is C=CC1CC12SC=Cc1ccccc12. The number of thioether (sulfide) groups is 1. The van der Waals surface area contributed by atoms with Crippen LogP contribution >= 0.6 is 11.8 Å². The third kappa shape index (κ3) is 0.963. The lowest BCUT2D eigenvalue weighted by molar-refractivity contribution is 0.941. The van der Waals surface area contributed by atoms with Gasteiger partial charge in [0, 0.05) is 0 Å². The first kappa shape index (κ1) is 8.37. The fourth-order valence-corrected chi connectivity index (χ4v) is 3.62. The summed E-state index contributed by atoms with van der Waals surface area (Å²) in [6.07, 6.45) is 5.56. The van der Waals surface area contributed by atoms with Crippen LogP contribution in [0.4, 0.5) is 0 Å². The van der Waals surface area contributed by atoms with Crippen LogP contribution in [0.3, 0.4) is 0 Å². The van der Waals surface area contributed by atoms with Crippen molar-refractivity contribution in [3.8, 4) is 0 Å². The minimum atomic E-state index is 0.340. The predicted molar refractivity (Wildman–Crippen MR) is 63.0 cm³/mol. The molecule has 0 N–H and O–H groups in total. The van der Waals surface area contributed by atoms with Crippen molar-refractivity contribution in [2.45, 2.75) is 11.2 Å². The van der Waals surface area contributed by atoms with Crippen molar-refractivity contribution in [3.63, 3.8) is 0 Å². The first-order valence-corrected chi connectivity index (χ1v) is 5.81. The van der Waals surface area contributed by atoms with Crippen LogP contribution in [0.5, 0.6) is 0 Å². The Labute approximate surface area is 88.7 Å². The van der Waals surface area contributed by atoms with Crippen LogP contribution in [0.15, 0.2) is 42.3 Å². The highest BCUT2D eigenvalue weighted by atomic mass is 32.2. The van der Waals surface area contributed by atoms with E-state index in [1.54, 1.807) is 0 Å². The summed E-state index contributed by atoms with van der Waals surface area (Å²) in [5.74, 6) is 0.665. The highest BCUT2D eigenvalue weighted by Crippen LogP contribution is 2.65. The van der Waals surface area contributed by atoms with E-state index in [0.29, 0.717) is 10.7 Å². The van der Waals surface area contributed by atoms with Gasteiger partial charge in [0.05, 0.1) is 4.75 Å². The molecule has 14 heavy (non-hydrogen) atoms. The zero-order chi connectivity index (χ0) is 9.60. The van der Waals surface area contributed by atoms with Crippen LogP contribution in [-0.2, 0) is 4.75 Å². The van der Waals surface area contributed by atoms with Gasteiger partial charge in [-0.25, -0.2) is 0 Å². The van der Waals surface area contributed by atoms with Gasteiger partial charge < -0.3 is 0 Å². The summed E-state index contributed by atoms with van der Waals surface area (Å²) in [4.78, 5) is 0. The second-order valence-electron chi connectivity index (χ2n) is 3.94. The van der Waals surface area contributed by atoms with Crippen molar-refractivity contribution >= 4 is 17.8 Å². The zero-order valence-corrected chi connectivity index (χ0v) is 8.76. The Morgan fingerprint density at radius 1 is 1.43 bits per heavy atom. The Bertz CT molecular complexity index is 419. The first-order valence-electron chi connectivity index (χ1n) is 4.93. The molecule has 0 radical (unpaired) electrons. The van der Waals surface area contributed by atoms with Gasteiger partial charge in [0.1, 0.15) is 0 Å². The Morgan fingerprint density at radius 3 is 3.07 bits per heavy atom. The standard InChI is InChI=1S/C13H12S/c1-2-11-9-13(11)12-6-4-3-5-10(12)7-8-14-13/h2-8,11H,1,9H2. The van der Waals surface area contributed by atoms with E-state index in [0.717, 1.165) is 0 Å². The van der Waals surface area contributed by atoms with Crippen molar-refractivity contribution < 1.29 is 0 Å². The van der Waals surface area contributed by atoms with Gasteiger partial charge in [-0.3, -0.25) is 0 Å². The lowest BCUT2D eigenvalue weighted by Crippen LogP contribution is -2.07. The Hall–Kier alpha value is -0.950. The van der Waals surface area contributed by atoms with E-state index in [1.807, 2.05) is 11.8 Å². The summed E-state index contributed by atoms with van der Waals surface area (Å²) >= 11 is 1.96. The highest BCUT2D eigenvalue weighted by Gasteiger charge is 2.55. The van der Waals surface area contributed by atoms with Gasteiger partial charge in [-0.15, -0.1) is 18.3 Å². The number of benzene rings is 1. The summed E-state index contributed by atoms with van der Waals surface area (Å²) in [6.45, 7) is 3.91. The normalized spacial score (nSPS) is 32.7. The smallest absolute Gasteiger partial charge is 0.0524 e. The molecule has 1 spiro atoms. The molecule has 0 saturated heterocycles. The summed E-state index contributed by atoms with van der Waals surface area (Å²) in [7, 11) is 0. The molecule has 1 saturated carbocycles. The molecule has 1 fully saturated rings. The van der Waals surface area contributed by atoms with Crippen molar-refractivity contribution in [2.75, 3.05) is 0 Å². The number of hydrogen-bond donors (Lipinski definition) is 0. The lowest BCUT2D eigenvalue weighted by atomic mass is 10.0. The molecule has 1 aromatic carbocycles. The van der Waals surface area contributed by atoms with Gasteiger partial charge in [0.25, 0.3) is 0 Å². The summed E-state index contributed by atoms with van der Waals surface area (Å²) in [6, 6.07) is 8.71. The van der Waals surface area contributed by atoms with Gasteiger partial charge in [0.15, 0.2) is 0 Å². The third-order valence-electron chi connectivity index (χ3n) is 3.19. The summed E-state index contributed by atoms with van der Waals surface area (Å²) in [5, 5.41) is 2.23. The topological polar surface area (TPSA) is 0 Å². The molecule has 1 aliphatic heterocycles. The molecular weight excluding hydrogens is 188 g/mol. The number of hydrogen-bond acceptors (Lipinski definition) is 1. The quantitative estimate of drug-likeness (QED) is 0.621. The van der Waals surface area contributed by atoms with Crippen LogP contribution in [0.1, 0.15) is 17.5 Å². The van der Waals surface area contributed by atoms with E-state index in [9.17, 15) is 0 Å². The minimum Gasteiger partial charge on any atom is -0.122 e. The molecule has 0 bridgehead atoms. The number of rotatable bonds is 1. The number of allylic oxidation sites excluding steroid dienone is 1. The maximum Gasteiger partial charge on any atom is 0.0524 e.